The molecule has 0 amide bonds. The first-order chi connectivity index (χ1) is 36.2. The van der Waals surface area contributed by atoms with Crippen molar-refractivity contribution < 1.29 is 4.74 Å². The van der Waals surface area contributed by atoms with Crippen molar-refractivity contribution in [3.63, 3.8) is 0 Å². The Balaban J connectivity index is 1.12. The molecule has 0 atom stereocenters. The van der Waals surface area contributed by atoms with Crippen molar-refractivity contribution in [2.24, 2.45) is 10.8 Å². The first-order valence-electron chi connectivity index (χ1n) is 27.7. The molecule has 3 heterocycles. The van der Waals surface area contributed by atoms with Crippen LogP contribution in [-0.2, 0) is 21.7 Å². The highest BCUT2D eigenvalue weighted by Gasteiger charge is 2.43. The Bertz CT molecular complexity index is 3590. The third kappa shape index (κ3) is 10.2. The summed E-state index contributed by atoms with van der Waals surface area (Å²) in [5.41, 5.74) is 15.9. The number of ether oxygens (including phenoxy) is 1. The summed E-state index contributed by atoms with van der Waals surface area (Å²) < 4.78 is 9.52. The maximum absolute atomic E-state index is 7.21. The van der Waals surface area contributed by atoms with Crippen LogP contribution in [0, 0.1) is 10.8 Å². The second-order valence-electron chi connectivity index (χ2n) is 26.8. The number of anilines is 2. The van der Waals surface area contributed by atoms with Gasteiger partial charge in [-0.05, 0) is 116 Å². The molecule has 394 valence electrons. The standard InChI is InChI=1S/C72H80N4O/c1-67(2,3)52-36-37-73-64(44-52)76-62-35-32-49(48-26-20-17-21-27-48)38-61(62)60-34-33-58(46-63(60)76)77-59-43-53(68(4,5)6)40-57(45-59)75-47-74(65(69(7,8)9)66(75)70(10,11)12)56-41-54(71(13,14)50-28-22-18-23-29-50)39-55(42-56)72(15,16)51-30-24-19-25-31-51/h17-46H,47H2,1-16H3. The highest BCUT2D eigenvalue weighted by Crippen LogP contribution is 2.51. The molecule has 10 rings (SSSR count). The second-order valence-corrected chi connectivity index (χ2v) is 26.8. The highest BCUT2D eigenvalue weighted by atomic mass is 16.5. The molecule has 5 nitrogen and oxygen atoms in total. The van der Waals surface area contributed by atoms with Gasteiger partial charge in [-0.25, -0.2) is 4.98 Å². The van der Waals surface area contributed by atoms with Crippen molar-refractivity contribution in [3.05, 3.63) is 227 Å². The summed E-state index contributed by atoms with van der Waals surface area (Å²) in [5, 5.41) is 2.32. The van der Waals surface area contributed by atoms with Crippen LogP contribution in [0.4, 0.5) is 11.4 Å². The summed E-state index contributed by atoms with van der Waals surface area (Å²) in [5.74, 6) is 2.46. The minimum absolute atomic E-state index is 0.0470. The van der Waals surface area contributed by atoms with Crippen molar-refractivity contribution in [2.75, 3.05) is 16.5 Å². The molecule has 0 saturated carbocycles. The van der Waals surface area contributed by atoms with Gasteiger partial charge in [0, 0.05) is 73.5 Å². The number of benzene rings is 7. The summed E-state index contributed by atoms with van der Waals surface area (Å²) >= 11 is 0. The lowest BCUT2D eigenvalue weighted by Crippen LogP contribution is -2.32. The molecule has 2 aromatic heterocycles. The largest absolute Gasteiger partial charge is 0.457 e. The molecule has 1 aliphatic heterocycles. The third-order valence-electron chi connectivity index (χ3n) is 16.1. The van der Waals surface area contributed by atoms with E-state index in [1.165, 1.54) is 67.0 Å². The number of rotatable bonds is 10. The molecule has 77 heavy (non-hydrogen) atoms. The van der Waals surface area contributed by atoms with Gasteiger partial charge in [-0.1, -0.05) is 214 Å². The number of hydrogen-bond acceptors (Lipinski definition) is 4. The molecule has 0 spiro atoms. The Labute approximate surface area is 460 Å². The van der Waals surface area contributed by atoms with Gasteiger partial charge in [-0.15, -0.1) is 0 Å². The number of aromatic nitrogens is 2. The SMILES string of the molecule is CC(C)(C)C1=C(C(C)(C)C)N(c2cc(C(C)(C)c3ccccc3)cc(C(C)(C)c3ccccc3)c2)CN1c1cc(Oc2ccc3c4cc(-c5ccccc5)ccc4n(-c4cc(C(C)(C)C)ccn4)c3c2)cc(C(C)(C)C)c1. The quantitative estimate of drug-likeness (QED) is 0.137. The Morgan fingerprint density at radius 2 is 0.883 bits per heavy atom. The van der Waals surface area contributed by atoms with Crippen molar-refractivity contribution >= 4 is 33.2 Å². The average Bonchev–Trinajstić information content (AvgIpc) is 4.18. The van der Waals surface area contributed by atoms with Crippen molar-refractivity contribution in [3.8, 4) is 28.4 Å². The Hall–Kier alpha value is -7.37. The molecule has 0 fully saturated rings. The fourth-order valence-electron chi connectivity index (χ4n) is 11.5. The zero-order valence-electron chi connectivity index (χ0n) is 48.7. The van der Waals surface area contributed by atoms with Crippen LogP contribution in [0.25, 0.3) is 38.8 Å². The maximum Gasteiger partial charge on any atom is 0.137 e. The number of hydrogen-bond donors (Lipinski definition) is 0. The van der Waals surface area contributed by atoms with Crippen molar-refractivity contribution in [1.82, 2.24) is 9.55 Å². The van der Waals surface area contributed by atoms with Crippen LogP contribution < -0.4 is 14.5 Å². The molecule has 5 heteroatoms. The third-order valence-corrected chi connectivity index (χ3v) is 16.1. The van der Waals surface area contributed by atoms with Crippen LogP contribution in [0.15, 0.2) is 194 Å². The topological polar surface area (TPSA) is 33.5 Å². The highest BCUT2D eigenvalue weighted by molar-refractivity contribution is 6.10. The van der Waals surface area contributed by atoms with E-state index in [9.17, 15) is 0 Å². The minimum atomic E-state index is -0.264. The van der Waals surface area contributed by atoms with Crippen LogP contribution >= 0.6 is 0 Å². The molecule has 0 saturated heterocycles. The number of pyridine rings is 1. The molecule has 0 N–H and O–H groups in total. The van der Waals surface area contributed by atoms with Crippen LogP contribution in [0.2, 0.25) is 0 Å². The molecule has 0 aliphatic carbocycles. The summed E-state index contributed by atoms with van der Waals surface area (Å²) in [6.07, 6.45) is 1.95. The summed E-state index contributed by atoms with van der Waals surface area (Å²) in [4.78, 5) is 10.2. The lowest BCUT2D eigenvalue weighted by molar-refractivity contribution is 0.444. The van der Waals surface area contributed by atoms with Crippen molar-refractivity contribution in [1.29, 1.82) is 0 Å². The predicted molar refractivity (Wildman–Crippen MR) is 327 cm³/mol. The lowest BCUT2D eigenvalue weighted by atomic mass is 9.73. The normalized spacial score (nSPS) is 14.1. The molecule has 9 aromatic rings. The van der Waals surface area contributed by atoms with Gasteiger partial charge in [0.2, 0.25) is 0 Å². The summed E-state index contributed by atoms with van der Waals surface area (Å²) in [6.45, 7) is 38.1. The van der Waals surface area contributed by atoms with Gasteiger partial charge < -0.3 is 14.5 Å². The monoisotopic (exact) mass is 1020 g/mol. The average molecular weight is 1020 g/mol. The van der Waals surface area contributed by atoms with E-state index in [-0.39, 0.29) is 32.5 Å². The zero-order chi connectivity index (χ0) is 55.0. The fraction of sp³-hybridized carbons (Fsp3) is 0.319. The first kappa shape index (κ1) is 53.0. The van der Waals surface area contributed by atoms with Crippen LogP contribution in [0.3, 0.4) is 0 Å². The molecule has 7 aromatic carbocycles. The van der Waals surface area contributed by atoms with E-state index in [0.717, 1.165) is 39.4 Å². The van der Waals surface area contributed by atoms with Crippen LogP contribution in [-0.4, -0.2) is 16.2 Å². The van der Waals surface area contributed by atoms with Gasteiger partial charge in [0.1, 0.15) is 17.3 Å². The van der Waals surface area contributed by atoms with E-state index in [1.807, 2.05) is 6.20 Å². The number of allylic oxidation sites excluding steroid dienone is 2. The minimum Gasteiger partial charge on any atom is -0.457 e. The Morgan fingerprint density at radius 1 is 0.364 bits per heavy atom. The Morgan fingerprint density at radius 3 is 1.42 bits per heavy atom. The van der Waals surface area contributed by atoms with E-state index in [0.29, 0.717) is 6.67 Å². The molecule has 0 bridgehead atoms. The Kier molecular flexibility index (Phi) is 13.3. The summed E-state index contributed by atoms with van der Waals surface area (Å²) in [6, 6.07) is 64.7. The molecular formula is C72H80N4O. The van der Waals surface area contributed by atoms with Crippen LogP contribution in [0.5, 0.6) is 11.5 Å². The fourth-order valence-corrected chi connectivity index (χ4v) is 11.5. The van der Waals surface area contributed by atoms with Gasteiger partial charge in [-0.3, -0.25) is 4.57 Å². The van der Waals surface area contributed by atoms with E-state index in [1.54, 1.807) is 0 Å². The molecule has 0 unspecified atom stereocenters. The van der Waals surface area contributed by atoms with Gasteiger partial charge in [0.05, 0.1) is 17.7 Å². The zero-order valence-corrected chi connectivity index (χ0v) is 48.7. The van der Waals surface area contributed by atoms with E-state index in [4.69, 9.17) is 9.72 Å². The number of fused-ring (bicyclic) bond motifs is 3. The second kappa shape index (κ2) is 19.3. The molecule has 0 radical (unpaired) electrons. The first-order valence-corrected chi connectivity index (χ1v) is 27.7. The number of nitrogens with zero attached hydrogens (tertiary/aromatic N) is 4. The van der Waals surface area contributed by atoms with E-state index < -0.39 is 0 Å². The van der Waals surface area contributed by atoms with Crippen LogP contribution in [0.1, 0.15) is 144 Å². The predicted octanol–water partition coefficient (Wildman–Crippen LogP) is 19.5. The lowest BCUT2D eigenvalue weighted by Gasteiger charge is -2.36. The molecule has 1 aliphatic rings. The van der Waals surface area contributed by atoms with E-state index in [2.05, 4.69) is 301 Å². The van der Waals surface area contributed by atoms with Gasteiger partial charge in [-0.2, -0.15) is 0 Å². The van der Waals surface area contributed by atoms with Gasteiger partial charge >= 0.3 is 0 Å². The summed E-state index contributed by atoms with van der Waals surface area (Å²) in [7, 11) is 0. The molecular weight excluding hydrogens is 937 g/mol. The van der Waals surface area contributed by atoms with Crippen molar-refractivity contribution in [2.45, 2.75) is 132 Å². The van der Waals surface area contributed by atoms with Gasteiger partial charge in [0.25, 0.3) is 0 Å². The maximum atomic E-state index is 7.21. The van der Waals surface area contributed by atoms with Gasteiger partial charge in [0.15, 0.2) is 0 Å². The van der Waals surface area contributed by atoms with E-state index >= 15 is 0 Å². The smallest absolute Gasteiger partial charge is 0.137 e.